The molecule has 1 saturated carbocycles. The molecule has 132 valence electrons. The molecule has 1 heterocycles. The first-order chi connectivity index (χ1) is 12.1. The molecule has 0 atom stereocenters. The van der Waals surface area contributed by atoms with Crippen molar-refractivity contribution in [3.05, 3.63) is 36.2 Å². The van der Waals surface area contributed by atoms with Crippen LogP contribution in [-0.4, -0.2) is 31.9 Å². The first kappa shape index (κ1) is 17.3. The number of nitrogens with zero attached hydrogens (tertiary/aromatic N) is 4. The smallest absolute Gasteiger partial charge is 0.225 e. The van der Waals surface area contributed by atoms with Gasteiger partial charge in [-0.3, -0.25) is 9.59 Å². The van der Waals surface area contributed by atoms with Crippen molar-refractivity contribution in [1.29, 1.82) is 0 Å². The minimum Gasteiger partial charge on any atom is -0.326 e. The Bertz CT molecular complexity index is 736. The van der Waals surface area contributed by atoms with E-state index in [9.17, 15) is 9.59 Å². The topological polar surface area (TPSA) is 89.8 Å². The van der Waals surface area contributed by atoms with Crippen LogP contribution in [0.3, 0.4) is 0 Å². The van der Waals surface area contributed by atoms with Crippen LogP contribution in [0.4, 0.5) is 5.69 Å². The van der Waals surface area contributed by atoms with Crippen molar-refractivity contribution in [3.63, 3.8) is 0 Å². The maximum atomic E-state index is 12.6. The van der Waals surface area contributed by atoms with Gasteiger partial charge in [0.15, 0.2) is 5.78 Å². The third-order valence-electron chi connectivity index (χ3n) is 4.89. The fourth-order valence-corrected chi connectivity index (χ4v) is 3.65. The molecule has 0 saturated heterocycles. The van der Waals surface area contributed by atoms with E-state index in [1.54, 1.807) is 35.3 Å². The van der Waals surface area contributed by atoms with Crippen molar-refractivity contribution in [3.8, 4) is 0 Å². The van der Waals surface area contributed by atoms with Gasteiger partial charge in [-0.15, -0.1) is 5.10 Å². The Labute approximate surface area is 146 Å². The molecule has 1 aromatic heterocycles. The van der Waals surface area contributed by atoms with E-state index in [1.807, 2.05) is 0 Å². The summed E-state index contributed by atoms with van der Waals surface area (Å²) in [5, 5.41) is 14.3. The highest BCUT2D eigenvalue weighted by molar-refractivity contribution is 5.97. The van der Waals surface area contributed by atoms with E-state index >= 15 is 0 Å². The predicted molar refractivity (Wildman–Crippen MR) is 93.0 cm³/mol. The summed E-state index contributed by atoms with van der Waals surface area (Å²) < 4.78 is 1.72. The largest absolute Gasteiger partial charge is 0.326 e. The summed E-state index contributed by atoms with van der Waals surface area (Å²) in [5.41, 5.74) is 1.14. The number of carbonyl (C=O) groups excluding carboxylic acids is 2. The molecule has 25 heavy (non-hydrogen) atoms. The van der Waals surface area contributed by atoms with E-state index in [0.29, 0.717) is 24.2 Å². The number of nitrogens with one attached hydrogen (secondary N) is 1. The zero-order valence-corrected chi connectivity index (χ0v) is 14.4. The Morgan fingerprint density at radius 1 is 1.24 bits per heavy atom. The van der Waals surface area contributed by atoms with Gasteiger partial charge in [-0.1, -0.05) is 31.4 Å². The molecular formula is C18H23N5O2. The van der Waals surface area contributed by atoms with E-state index < -0.39 is 0 Å². The Hall–Kier alpha value is -2.57. The number of tetrazole rings is 1. The van der Waals surface area contributed by atoms with Crippen LogP contribution in [0.5, 0.6) is 0 Å². The normalized spacial score (nSPS) is 16.4. The third-order valence-corrected chi connectivity index (χ3v) is 4.89. The van der Waals surface area contributed by atoms with Crippen LogP contribution in [-0.2, 0) is 11.3 Å². The predicted octanol–water partition coefficient (Wildman–Crippen LogP) is 2.86. The molecule has 7 heteroatoms. The van der Waals surface area contributed by atoms with Gasteiger partial charge < -0.3 is 5.32 Å². The highest BCUT2D eigenvalue weighted by atomic mass is 16.1. The van der Waals surface area contributed by atoms with E-state index in [1.165, 1.54) is 13.3 Å². The van der Waals surface area contributed by atoms with Gasteiger partial charge in [-0.05, 0) is 47.7 Å². The van der Waals surface area contributed by atoms with Gasteiger partial charge in [0, 0.05) is 17.7 Å². The fourth-order valence-electron chi connectivity index (χ4n) is 3.65. The molecule has 1 aliphatic carbocycles. The number of hydrogen-bond acceptors (Lipinski definition) is 5. The molecule has 1 fully saturated rings. The molecule has 2 aromatic rings. The minimum absolute atomic E-state index is 0.0152. The number of Topliss-reactive ketones (excluding diaryl/α,β-unsaturated/α-hetero) is 1. The number of benzene rings is 1. The number of rotatable bonds is 6. The zero-order chi connectivity index (χ0) is 17.7. The molecule has 0 spiro atoms. The molecule has 1 aliphatic rings. The van der Waals surface area contributed by atoms with Crippen LogP contribution >= 0.6 is 0 Å². The Balaban J connectivity index is 1.70. The lowest BCUT2D eigenvalue weighted by Crippen LogP contribution is -2.34. The number of hydrogen-bond donors (Lipinski definition) is 1. The van der Waals surface area contributed by atoms with Crippen LogP contribution < -0.4 is 5.32 Å². The molecule has 0 bridgehead atoms. The van der Waals surface area contributed by atoms with Crippen molar-refractivity contribution in [1.82, 2.24) is 20.2 Å². The van der Waals surface area contributed by atoms with Crippen LogP contribution in [0.2, 0.25) is 0 Å². The molecule has 3 rings (SSSR count). The average molecular weight is 341 g/mol. The molecule has 1 amide bonds. The van der Waals surface area contributed by atoms with Crippen molar-refractivity contribution in [2.24, 2.45) is 5.41 Å². The maximum Gasteiger partial charge on any atom is 0.225 e. The first-order valence-electron chi connectivity index (χ1n) is 8.68. The monoisotopic (exact) mass is 341 g/mol. The summed E-state index contributed by atoms with van der Waals surface area (Å²) in [5.74, 6) is -0.0470. The third kappa shape index (κ3) is 4.49. The van der Waals surface area contributed by atoms with E-state index in [2.05, 4.69) is 20.8 Å². The number of amides is 1. The number of carbonyl (C=O) groups is 2. The average Bonchev–Trinajstić information content (AvgIpc) is 3.08. The quantitative estimate of drug-likeness (QED) is 0.816. The fraction of sp³-hybridized carbons (Fsp3) is 0.500. The van der Waals surface area contributed by atoms with Gasteiger partial charge in [-0.2, -0.15) is 0 Å². The van der Waals surface area contributed by atoms with E-state index in [0.717, 1.165) is 25.7 Å². The van der Waals surface area contributed by atoms with E-state index in [-0.39, 0.29) is 17.1 Å². The first-order valence-corrected chi connectivity index (χ1v) is 8.68. The highest BCUT2D eigenvalue weighted by Crippen LogP contribution is 2.40. The van der Waals surface area contributed by atoms with Gasteiger partial charge in [-0.25, -0.2) is 4.68 Å². The number of ketones is 1. The summed E-state index contributed by atoms with van der Waals surface area (Å²) in [4.78, 5) is 24.1. The Morgan fingerprint density at radius 3 is 2.72 bits per heavy atom. The number of aromatic nitrogens is 4. The van der Waals surface area contributed by atoms with Gasteiger partial charge in [0.05, 0.1) is 6.54 Å². The Kier molecular flexibility index (Phi) is 5.21. The van der Waals surface area contributed by atoms with Gasteiger partial charge in [0.25, 0.3) is 0 Å². The second-order valence-corrected chi connectivity index (χ2v) is 6.93. The number of anilines is 1. The molecule has 1 N–H and O–H groups in total. The van der Waals surface area contributed by atoms with Crippen LogP contribution in [0.15, 0.2) is 30.6 Å². The van der Waals surface area contributed by atoms with Crippen LogP contribution in [0.25, 0.3) is 0 Å². The lowest BCUT2D eigenvalue weighted by atomic mass is 9.71. The minimum atomic E-state index is -0.115. The lowest BCUT2D eigenvalue weighted by molar-refractivity contribution is -0.119. The lowest BCUT2D eigenvalue weighted by Gasteiger charge is -2.36. The molecule has 1 aromatic carbocycles. The van der Waals surface area contributed by atoms with Crippen molar-refractivity contribution >= 4 is 17.4 Å². The molecule has 0 radical (unpaired) electrons. The Morgan fingerprint density at radius 2 is 2.04 bits per heavy atom. The van der Waals surface area contributed by atoms with Crippen molar-refractivity contribution in [2.75, 3.05) is 5.32 Å². The van der Waals surface area contributed by atoms with Crippen molar-refractivity contribution < 1.29 is 9.59 Å². The van der Waals surface area contributed by atoms with Crippen molar-refractivity contribution in [2.45, 2.75) is 52.0 Å². The second-order valence-electron chi connectivity index (χ2n) is 6.93. The van der Waals surface area contributed by atoms with Crippen LogP contribution in [0.1, 0.15) is 55.8 Å². The second kappa shape index (κ2) is 7.55. The summed E-state index contributed by atoms with van der Waals surface area (Å²) in [6, 6.07) is 7.05. The molecule has 7 nitrogen and oxygen atoms in total. The molecule has 0 aliphatic heterocycles. The summed E-state index contributed by atoms with van der Waals surface area (Å²) >= 11 is 0. The standard InChI is InChI=1S/C18H23N5O2/c1-14(24)15-6-5-7-16(10-15)20-17(25)11-18(8-3-2-4-9-18)12-23-13-19-21-22-23/h5-7,10,13H,2-4,8-9,11-12H2,1H3,(H,20,25). The summed E-state index contributed by atoms with van der Waals surface area (Å²) in [6.45, 7) is 2.17. The molecular weight excluding hydrogens is 318 g/mol. The van der Waals surface area contributed by atoms with Gasteiger partial charge in [0.2, 0.25) is 5.91 Å². The van der Waals surface area contributed by atoms with Gasteiger partial charge >= 0.3 is 0 Å². The van der Waals surface area contributed by atoms with Crippen LogP contribution in [0, 0.1) is 5.41 Å². The highest BCUT2D eigenvalue weighted by Gasteiger charge is 2.35. The zero-order valence-electron chi connectivity index (χ0n) is 14.4. The maximum absolute atomic E-state index is 12.6. The van der Waals surface area contributed by atoms with Gasteiger partial charge in [0.1, 0.15) is 6.33 Å². The SMILES string of the molecule is CC(=O)c1cccc(NC(=O)CC2(Cn3cnnn3)CCCCC2)c1. The summed E-state index contributed by atoms with van der Waals surface area (Å²) in [7, 11) is 0. The molecule has 0 unspecified atom stereocenters. The summed E-state index contributed by atoms with van der Waals surface area (Å²) in [6.07, 6.45) is 7.47. The van der Waals surface area contributed by atoms with E-state index in [4.69, 9.17) is 0 Å².